The summed E-state index contributed by atoms with van der Waals surface area (Å²) in [7, 11) is -0.444. The highest BCUT2D eigenvalue weighted by Gasteiger charge is 2.34. The van der Waals surface area contributed by atoms with Crippen molar-refractivity contribution < 1.29 is 28.2 Å². The first kappa shape index (κ1) is 18.6. The summed E-state index contributed by atoms with van der Waals surface area (Å²) >= 11 is 0. The van der Waals surface area contributed by atoms with E-state index in [2.05, 4.69) is 0 Å². The van der Waals surface area contributed by atoms with Crippen LogP contribution < -0.4 is 0 Å². The zero-order valence-corrected chi connectivity index (χ0v) is 14.5. The van der Waals surface area contributed by atoms with E-state index in [4.69, 9.17) is 5.11 Å². The van der Waals surface area contributed by atoms with Crippen LogP contribution in [0.2, 0.25) is 0 Å². The Morgan fingerprint density at radius 3 is 2.21 bits per heavy atom. The van der Waals surface area contributed by atoms with Crippen LogP contribution in [0.4, 0.5) is 0 Å². The molecular weight excluding hydrogens is 340 g/mol. The molecule has 0 spiro atoms. The maximum absolute atomic E-state index is 12.0. The smallest absolute Gasteiger partial charge is 0.337 e. The Balaban J connectivity index is 1.82. The van der Waals surface area contributed by atoms with Gasteiger partial charge in [-0.25, -0.2) is 4.79 Å². The normalized spacial score (nSPS) is 21.1. The molecule has 11 heteroatoms. The van der Waals surface area contributed by atoms with Crippen molar-refractivity contribution in [2.75, 3.05) is 59.9 Å². The zero-order valence-electron chi connectivity index (χ0n) is 13.7. The molecule has 0 unspecified atom stereocenters. The molecule has 2 aliphatic rings. The molecular formula is C13H22N4O6S. The van der Waals surface area contributed by atoms with Gasteiger partial charge in [0.1, 0.15) is 5.57 Å². The molecule has 0 aromatic rings. The van der Waals surface area contributed by atoms with E-state index in [0.29, 0.717) is 32.7 Å². The molecule has 1 amide bonds. The predicted molar refractivity (Wildman–Crippen MR) is 84.5 cm³/mol. The van der Waals surface area contributed by atoms with Crippen molar-refractivity contribution >= 4 is 22.1 Å². The topological polar surface area (TPSA) is 122 Å². The summed E-state index contributed by atoms with van der Waals surface area (Å²) < 4.78 is 26.6. The van der Waals surface area contributed by atoms with Crippen molar-refractivity contribution in [2.45, 2.75) is 0 Å². The molecule has 0 aliphatic carbocycles. The van der Waals surface area contributed by atoms with Crippen LogP contribution in [0.25, 0.3) is 0 Å². The maximum Gasteiger partial charge on any atom is 0.337 e. The molecule has 0 atom stereocenters. The molecule has 0 bridgehead atoms. The minimum atomic E-state index is -3.42. The Bertz CT molecular complexity index is 651. The molecule has 0 saturated carbocycles. The van der Waals surface area contributed by atoms with Crippen molar-refractivity contribution in [1.29, 1.82) is 0 Å². The number of hydrogen-bond acceptors (Lipinski definition) is 6. The number of carbonyl (C=O) groups is 2. The predicted octanol–water partition coefficient (Wildman–Crippen LogP) is -1.85. The van der Waals surface area contributed by atoms with Crippen molar-refractivity contribution in [3.63, 3.8) is 0 Å². The third-order valence-electron chi connectivity index (χ3n) is 4.19. The van der Waals surface area contributed by atoms with Crippen LogP contribution in [0, 0.1) is 0 Å². The fourth-order valence-corrected chi connectivity index (χ4v) is 3.73. The number of amides is 1. The molecule has 2 heterocycles. The number of rotatable bonds is 6. The molecule has 2 aliphatic heterocycles. The summed E-state index contributed by atoms with van der Waals surface area (Å²) in [6, 6.07) is 0. The average Bonchev–Trinajstić information content (AvgIpc) is 2.81. The quantitative estimate of drug-likeness (QED) is 0.569. The van der Waals surface area contributed by atoms with E-state index in [9.17, 15) is 23.1 Å². The van der Waals surface area contributed by atoms with E-state index in [0.717, 1.165) is 0 Å². The lowest BCUT2D eigenvalue weighted by Gasteiger charge is -2.35. The van der Waals surface area contributed by atoms with Gasteiger partial charge in [0.25, 0.3) is 16.1 Å². The number of carbonyl (C=O) groups excluding carboxylic acids is 1. The van der Waals surface area contributed by atoms with Gasteiger partial charge >= 0.3 is 5.97 Å². The third-order valence-corrected chi connectivity index (χ3v) is 6.13. The third kappa shape index (κ3) is 3.69. The molecule has 0 aromatic carbocycles. The molecule has 10 nitrogen and oxygen atoms in total. The summed E-state index contributed by atoms with van der Waals surface area (Å²) in [5, 5.41) is 18.4. The van der Waals surface area contributed by atoms with Gasteiger partial charge in [0.15, 0.2) is 5.76 Å². The van der Waals surface area contributed by atoms with Crippen LogP contribution in [0.1, 0.15) is 0 Å². The van der Waals surface area contributed by atoms with Gasteiger partial charge in [0.05, 0.1) is 6.54 Å². The second-order valence-corrected chi connectivity index (χ2v) is 8.03. The van der Waals surface area contributed by atoms with Crippen molar-refractivity contribution in [3.8, 4) is 0 Å². The highest BCUT2D eigenvalue weighted by Crippen LogP contribution is 2.17. The first-order chi connectivity index (χ1) is 11.1. The second-order valence-electron chi connectivity index (χ2n) is 5.89. The number of aliphatic carboxylic acids is 1. The number of hydrogen-bond donors (Lipinski definition) is 2. The Morgan fingerprint density at radius 2 is 1.75 bits per heavy atom. The van der Waals surface area contributed by atoms with Gasteiger partial charge in [-0.1, -0.05) is 0 Å². The molecule has 2 rings (SSSR count). The number of aliphatic hydroxyl groups excluding tert-OH is 1. The fourth-order valence-electron chi connectivity index (χ4n) is 2.64. The summed E-state index contributed by atoms with van der Waals surface area (Å²) in [6.45, 7) is 2.42. The average molecular weight is 362 g/mol. The van der Waals surface area contributed by atoms with E-state index in [1.54, 1.807) is 0 Å². The number of carboxylic acid groups (broad SMARTS) is 1. The molecule has 136 valence electrons. The summed E-state index contributed by atoms with van der Waals surface area (Å²) in [5.41, 5.74) is -0.290. The lowest BCUT2D eigenvalue weighted by Crippen LogP contribution is -2.52. The summed E-state index contributed by atoms with van der Waals surface area (Å²) in [5.74, 6) is -2.68. The van der Waals surface area contributed by atoms with Crippen molar-refractivity contribution in [2.24, 2.45) is 0 Å². The minimum absolute atomic E-state index is 0.116. The van der Waals surface area contributed by atoms with Gasteiger partial charge < -0.3 is 15.1 Å². The molecule has 0 radical (unpaired) electrons. The Kier molecular flexibility index (Phi) is 5.48. The molecule has 0 aromatic heterocycles. The Hall–Kier alpha value is -1.69. The van der Waals surface area contributed by atoms with Crippen LogP contribution in [0.5, 0.6) is 0 Å². The fraction of sp³-hybridized carbons (Fsp3) is 0.692. The van der Waals surface area contributed by atoms with E-state index >= 15 is 0 Å². The first-order valence-electron chi connectivity index (χ1n) is 7.49. The number of aliphatic hydroxyl groups is 1. The lowest BCUT2D eigenvalue weighted by atomic mass is 10.3. The van der Waals surface area contributed by atoms with Crippen LogP contribution in [0.3, 0.4) is 0 Å². The molecule has 1 fully saturated rings. The van der Waals surface area contributed by atoms with Crippen LogP contribution in [-0.2, 0) is 19.8 Å². The molecule has 2 N–H and O–H groups in total. The van der Waals surface area contributed by atoms with Crippen LogP contribution in [0.15, 0.2) is 11.3 Å². The minimum Gasteiger partial charge on any atom is -0.503 e. The molecule has 24 heavy (non-hydrogen) atoms. The Morgan fingerprint density at radius 1 is 1.17 bits per heavy atom. The van der Waals surface area contributed by atoms with Gasteiger partial charge in [-0.3, -0.25) is 9.69 Å². The summed E-state index contributed by atoms with van der Waals surface area (Å²) in [4.78, 5) is 26.0. The number of carboxylic acids is 1. The van der Waals surface area contributed by atoms with E-state index < -0.39 is 27.8 Å². The van der Waals surface area contributed by atoms with Gasteiger partial charge in [0, 0.05) is 53.4 Å². The van der Waals surface area contributed by atoms with E-state index in [1.807, 2.05) is 4.90 Å². The van der Waals surface area contributed by atoms with Crippen molar-refractivity contribution in [1.82, 2.24) is 18.4 Å². The maximum atomic E-state index is 12.0. The monoisotopic (exact) mass is 362 g/mol. The van der Waals surface area contributed by atoms with Crippen LogP contribution in [-0.4, -0.2) is 109 Å². The van der Waals surface area contributed by atoms with Crippen molar-refractivity contribution in [3.05, 3.63) is 11.3 Å². The highest BCUT2D eigenvalue weighted by atomic mass is 32.2. The van der Waals surface area contributed by atoms with E-state index in [1.165, 1.54) is 27.6 Å². The van der Waals surface area contributed by atoms with E-state index in [-0.39, 0.29) is 18.7 Å². The zero-order chi connectivity index (χ0) is 18.1. The number of nitrogens with zero attached hydrogens (tertiary/aromatic N) is 4. The highest BCUT2D eigenvalue weighted by molar-refractivity contribution is 7.86. The van der Waals surface area contributed by atoms with Crippen LogP contribution >= 0.6 is 0 Å². The second kappa shape index (κ2) is 7.05. The number of piperazine rings is 1. The Labute approximate surface area is 140 Å². The lowest BCUT2D eigenvalue weighted by molar-refractivity contribution is -0.133. The van der Waals surface area contributed by atoms with Gasteiger partial charge in [-0.05, 0) is 0 Å². The van der Waals surface area contributed by atoms with Gasteiger partial charge in [-0.15, -0.1) is 0 Å². The van der Waals surface area contributed by atoms with Gasteiger partial charge in [0.2, 0.25) is 0 Å². The first-order valence-corrected chi connectivity index (χ1v) is 8.89. The standard InChI is InChI=1S/C13H22N4O6S/c1-14(2)24(22,23)17-7-4-15(5-8-17)3-6-16-9-10(13(20)21)11(18)12(16)19/h18H,3-9H2,1-2H3,(H,20,21). The summed E-state index contributed by atoms with van der Waals surface area (Å²) in [6.07, 6.45) is 0. The largest absolute Gasteiger partial charge is 0.503 e. The molecule has 1 saturated heterocycles. The van der Waals surface area contributed by atoms with Gasteiger partial charge in [-0.2, -0.15) is 17.0 Å². The SMILES string of the molecule is CN(C)S(=O)(=O)N1CCN(CCN2CC(C(=O)O)=C(O)C2=O)CC1.